The zero-order valence-corrected chi connectivity index (χ0v) is 16.6. The Morgan fingerprint density at radius 1 is 1.11 bits per heavy atom. The van der Waals surface area contributed by atoms with Crippen LogP contribution >= 0.6 is 23.2 Å². The third kappa shape index (κ3) is 5.44. The van der Waals surface area contributed by atoms with Crippen LogP contribution in [-0.4, -0.2) is 29.3 Å². The number of hydrogen-bond acceptors (Lipinski definition) is 2. The Hall–Kier alpha value is -2.11. The number of carbonyl (C=O) groups is 2. The highest BCUT2D eigenvalue weighted by Gasteiger charge is 2.27. The quantitative estimate of drug-likeness (QED) is 0.742. The fourth-order valence-corrected chi connectivity index (χ4v) is 3.09. The minimum atomic E-state index is -0.751. The summed E-state index contributed by atoms with van der Waals surface area (Å²) in [5.41, 5.74) is 0.805. The Morgan fingerprint density at radius 3 is 2.41 bits per heavy atom. The van der Waals surface area contributed by atoms with E-state index in [0.29, 0.717) is 17.1 Å². The second-order valence-corrected chi connectivity index (χ2v) is 6.87. The highest BCUT2D eigenvalue weighted by atomic mass is 35.5. The van der Waals surface area contributed by atoms with Gasteiger partial charge in [-0.3, -0.25) is 9.59 Å². The monoisotopic (exact) mass is 410 g/mol. The minimum Gasteiger partial charge on any atom is -0.355 e. The number of halogens is 3. The number of amides is 2. The molecule has 2 amide bonds. The SMILES string of the molecule is CCNC(=O)C(C)N(Cc1ccccc1Cl)C(=O)Cc1c(F)cccc1Cl. The summed E-state index contributed by atoms with van der Waals surface area (Å²) in [5, 5.41) is 3.36. The van der Waals surface area contributed by atoms with Crippen molar-refractivity contribution < 1.29 is 14.0 Å². The molecule has 2 rings (SSSR count). The van der Waals surface area contributed by atoms with E-state index < -0.39 is 17.8 Å². The average Bonchev–Trinajstić information content (AvgIpc) is 2.63. The lowest BCUT2D eigenvalue weighted by Gasteiger charge is -2.29. The van der Waals surface area contributed by atoms with Crippen molar-refractivity contribution in [3.8, 4) is 0 Å². The van der Waals surface area contributed by atoms with Crippen LogP contribution in [0.25, 0.3) is 0 Å². The lowest BCUT2D eigenvalue weighted by atomic mass is 10.1. The lowest BCUT2D eigenvalue weighted by Crippen LogP contribution is -2.48. The average molecular weight is 411 g/mol. The fraction of sp³-hybridized carbons (Fsp3) is 0.300. The van der Waals surface area contributed by atoms with E-state index >= 15 is 0 Å². The summed E-state index contributed by atoms with van der Waals surface area (Å²) >= 11 is 12.3. The first-order valence-electron chi connectivity index (χ1n) is 8.58. The summed E-state index contributed by atoms with van der Waals surface area (Å²) in [7, 11) is 0. The van der Waals surface area contributed by atoms with Gasteiger partial charge >= 0.3 is 0 Å². The maximum absolute atomic E-state index is 14.1. The summed E-state index contributed by atoms with van der Waals surface area (Å²) in [4.78, 5) is 26.7. The zero-order valence-electron chi connectivity index (χ0n) is 15.1. The van der Waals surface area contributed by atoms with Gasteiger partial charge in [-0.15, -0.1) is 0 Å². The molecule has 0 saturated heterocycles. The second-order valence-electron chi connectivity index (χ2n) is 6.06. The van der Waals surface area contributed by atoms with Gasteiger partial charge < -0.3 is 10.2 Å². The summed E-state index contributed by atoms with van der Waals surface area (Å²) in [5.74, 6) is -1.27. The first-order chi connectivity index (χ1) is 12.8. The van der Waals surface area contributed by atoms with Crippen LogP contribution in [0.4, 0.5) is 4.39 Å². The maximum Gasteiger partial charge on any atom is 0.242 e. The largest absolute Gasteiger partial charge is 0.355 e. The Kier molecular flexibility index (Phi) is 7.63. The number of nitrogens with one attached hydrogen (secondary N) is 1. The van der Waals surface area contributed by atoms with Crippen LogP contribution < -0.4 is 5.32 Å². The summed E-state index contributed by atoms with van der Waals surface area (Å²) in [6.07, 6.45) is -0.250. The first kappa shape index (κ1) is 21.2. The van der Waals surface area contributed by atoms with Crippen molar-refractivity contribution in [1.82, 2.24) is 10.2 Å². The van der Waals surface area contributed by atoms with Crippen LogP contribution in [0.1, 0.15) is 25.0 Å². The molecule has 0 fully saturated rings. The molecule has 144 valence electrons. The molecule has 1 atom stereocenters. The molecule has 2 aromatic rings. The number of hydrogen-bond donors (Lipinski definition) is 1. The number of carbonyl (C=O) groups excluding carboxylic acids is 2. The van der Waals surface area contributed by atoms with Gasteiger partial charge in [0.15, 0.2) is 0 Å². The van der Waals surface area contributed by atoms with Gasteiger partial charge in [-0.25, -0.2) is 4.39 Å². The van der Waals surface area contributed by atoms with E-state index in [9.17, 15) is 14.0 Å². The molecule has 0 aromatic heterocycles. The van der Waals surface area contributed by atoms with Crippen LogP contribution in [0.15, 0.2) is 42.5 Å². The number of nitrogens with zero attached hydrogens (tertiary/aromatic N) is 1. The van der Waals surface area contributed by atoms with E-state index in [1.165, 1.54) is 23.1 Å². The van der Waals surface area contributed by atoms with Crippen LogP contribution in [0.3, 0.4) is 0 Å². The van der Waals surface area contributed by atoms with Gasteiger partial charge in [-0.05, 0) is 37.6 Å². The number of benzene rings is 2. The van der Waals surface area contributed by atoms with Gasteiger partial charge in [0.05, 0.1) is 6.42 Å². The molecule has 1 unspecified atom stereocenters. The highest BCUT2D eigenvalue weighted by molar-refractivity contribution is 6.31. The molecule has 0 spiro atoms. The Balaban J connectivity index is 2.31. The molecule has 7 heteroatoms. The van der Waals surface area contributed by atoms with Crippen molar-refractivity contribution in [2.45, 2.75) is 32.9 Å². The Morgan fingerprint density at radius 2 is 1.78 bits per heavy atom. The molecule has 0 aliphatic rings. The van der Waals surface area contributed by atoms with Crippen molar-refractivity contribution in [3.05, 3.63) is 69.5 Å². The predicted octanol–water partition coefficient (Wildman–Crippen LogP) is 4.23. The lowest BCUT2D eigenvalue weighted by molar-refractivity contribution is -0.140. The maximum atomic E-state index is 14.1. The van der Waals surface area contributed by atoms with Crippen molar-refractivity contribution in [1.29, 1.82) is 0 Å². The summed E-state index contributed by atoms with van der Waals surface area (Å²) in [6, 6.07) is 10.6. The third-order valence-electron chi connectivity index (χ3n) is 4.21. The smallest absolute Gasteiger partial charge is 0.242 e. The molecule has 1 N–H and O–H groups in total. The molecule has 0 radical (unpaired) electrons. The second kappa shape index (κ2) is 9.72. The molecule has 0 aliphatic carbocycles. The normalized spacial score (nSPS) is 11.7. The van der Waals surface area contributed by atoms with E-state index in [0.717, 1.165) is 0 Å². The standard InChI is InChI=1S/C20H21Cl2FN2O2/c1-3-24-20(27)13(2)25(12-14-7-4-5-8-16(14)21)19(26)11-15-17(22)9-6-10-18(15)23/h4-10,13H,3,11-12H2,1-2H3,(H,24,27). The number of likely N-dealkylation sites (N-methyl/N-ethyl adjacent to an activating group) is 1. The molecule has 27 heavy (non-hydrogen) atoms. The van der Waals surface area contributed by atoms with E-state index in [-0.39, 0.29) is 29.5 Å². The minimum absolute atomic E-state index is 0.108. The van der Waals surface area contributed by atoms with Gasteiger partial charge in [0, 0.05) is 28.7 Å². The first-order valence-corrected chi connectivity index (χ1v) is 9.34. The molecule has 4 nitrogen and oxygen atoms in total. The molecule has 0 saturated carbocycles. The van der Waals surface area contributed by atoms with Crippen molar-refractivity contribution in [2.24, 2.45) is 0 Å². The molecular formula is C20H21Cl2FN2O2. The van der Waals surface area contributed by atoms with Gasteiger partial charge in [0.2, 0.25) is 11.8 Å². The Labute approximate surface area is 168 Å². The predicted molar refractivity (Wildman–Crippen MR) is 105 cm³/mol. The van der Waals surface area contributed by atoms with Crippen molar-refractivity contribution in [2.75, 3.05) is 6.54 Å². The molecule has 0 bridgehead atoms. The highest BCUT2D eigenvalue weighted by Crippen LogP contribution is 2.23. The van der Waals surface area contributed by atoms with Crippen molar-refractivity contribution in [3.63, 3.8) is 0 Å². The molecule has 0 heterocycles. The zero-order chi connectivity index (χ0) is 20.0. The van der Waals surface area contributed by atoms with Crippen LogP contribution in [-0.2, 0) is 22.6 Å². The fourth-order valence-electron chi connectivity index (χ4n) is 2.67. The van der Waals surface area contributed by atoms with Crippen LogP contribution in [0, 0.1) is 5.82 Å². The van der Waals surface area contributed by atoms with Gasteiger partial charge in [-0.1, -0.05) is 47.5 Å². The molecular weight excluding hydrogens is 390 g/mol. The molecule has 2 aromatic carbocycles. The van der Waals surface area contributed by atoms with E-state index in [2.05, 4.69) is 5.32 Å². The van der Waals surface area contributed by atoms with Gasteiger partial charge in [-0.2, -0.15) is 0 Å². The van der Waals surface area contributed by atoms with Crippen molar-refractivity contribution >= 4 is 35.0 Å². The molecule has 0 aliphatic heterocycles. The van der Waals surface area contributed by atoms with E-state index in [4.69, 9.17) is 23.2 Å². The topological polar surface area (TPSA) is 49.4 Å². The van der Waals surface area contributed by atoms with Crippen LogP contribution in [0.5, 0.6) is 0 Å². The van der Waals surface area contributed by atoms with E-state index in [1.807, 2.05) is 0 Å². The van der Waals surface area contributed by atoms with E-state index in [1.54, 1.807) is 38.1 Å². The number of rotatable bonds is 7. The Bertz CT molecular complexity index is 809. The third-order valence-corrected chi connectivity index (χ3v) is 4.93. The summed E-state index contributed by atoms with van der Waals surface area (Å²) < 4.78 is 14.1. The summed E-state index contributed by atoms with van der Waals surface area (Å²) in [6.45, 7) is 3.99. The van der Waals surface area contributed by atoms with Crippen LogP contribution in [0.2, 0.25) is 10.0 Å². The van der Waals surface area contributed by atoms with Gasteiger partial charge in [0.1, 0.15) is 11.9 Å². The van der Waals surface area contributed by atoms with Gasteiger partial charge in [0.25, 0.3) is 0 Å².